The fraction of sp³-hybridized carbons (Fsp3) is 0.462. The van der Waals surface area contributed by atoms with Crippen LogP contribution in [0.5, 0.6) is 0 Å². The lowest BCUT2D eigenvalue weighted by atomic mass is 9.99. The summed E-state index contributed by atoms with van der Waals surface area (Å²) in [5.41, 5.74) is 1.22. The summed E-state index contributed by atoms with van der Waals surface area (Å²) in [6, 6.07) is 6.95. The van der Waals surface area contributed by atoms with E-state index < -0.39 is 37.1 Å². The Labute approximate surface area is 119 Å². The molecular weight excluding hydrogens is 280 g/mol. The van der Waals surface area contributed by atoms with Crippen LogP contribution in [0.1, 0.15) is 11.9 Å². The Morgan fingerprint density at radius 2 is 1.62 bits per heavy atom. The molecule has 116 valence electrons. The number of H-pyrrole nitrogens is 1. The second-order valence-electron chi connectivity index (χ2n) is 4.81. The van der Waals surface area contributed by atoms with Crippen LogP contribution in [-0.2, 0) is 0 Å². The molecule has 4 unspecified atom stereocenters. The molecule has 7 N–H and O–H groups in total. The maximum atomic E-state index is 10.0. The number of hydrogen-bond donors (Lipinski definition) is 7. The normalized spacial score (nSPS) is 19.1. The van der Waals surface area contributed by atoms with Crippen LogP contribution >= 0.6 is 0 Å². The average Bonchev–Trinajstić information content (AvgIpc) is 2.95. The monoisotopic (exact) mass is 298 g/mol. The zero-order valence-electron chi connectivity index (χ0n) is 11.0. The molecule has 0 spiro atoms. The third-order valence-corrected chi connectivity index (χ3v) is 3.29. The van der Waals surface area contributed by atoms with Crippen molar-refractivity contribution in [2.24, 2.45) is 0 Å². The molecule has 0 saturated heterocycles. The van der Waals surface area contributed by atoms with E-state index in [1.165, 1.54) is 0 Å². The quantitative estimate of drug-likeness (QED) is 0.327. The SMILES string of the molecule is OCC(O)C(O)C(O)C(O)[C@H](O)c1nc2ccccc2[nH]1. The van der Waals surface area contributed by atoms with Crippen LogP contribution in [0.4, 0.5) is 0 Å². The Kier molecular flexibility index (Phi) is 4.88. The number of rotatable bonds is 6. The Morgan fingerprint density at radius 1 is 0.952 bits per heavy atom. The van der Waals surface area contributed by atoms with Crippen molar-refractivity contribution in [3.8, 4) is 0 Å². The molecule has 5 atom stereocenters. The molecular formula is C13H18N2O6. The van der Waals surface area contributed by atoms with Crippen LogP contribution in [0, 0.1) is 0 Å². The second-order valence-corrected chi connectivity index (χ2v) is 4.81. The highest BCUT2D eigenvalue weighted by molar-refractivity contribution is 5.74. The van der Waals surface area contributed by atoms with Crippen molar-refractivity contribution in [1.82, 2.24) is 9.97 Å². The zero-order chi connectivity index (χ0) is 15.6. The van der Waals surface area contributed by atoms with E-state index in [1.54, 1.807) is 24.3 Å². The molecule has 21 heavy (non-hydrogen) atoms. The van der Waals surface area contributed by atoms with Crippen molar-refractivity contribution >= 4 is 11.0 Å². The first-order valence-electron chi connectivity index (χ1n) is 6.41. The summed E-state index contributed by atoms with van der Waals surface area (Å²) in [7, 11) is 0. The first-order valence-corrected chi connectivity index (χ1v) is 6.41. The highest BCUT2D eigenvalue weighted by Gasteiger charge is 2.35. The summed E-state index contributed by atoms with van der Waals surface area (Å²) in [5, 5.41) is 57.1. The van der Waals surface area contributed by atoms with Crippen LogP contribution in [0.15, 0.2) is 24.3 Å². The van der Waals surface area contributed by atoms with Gasteiger partial charge in [-0.3, -0.25) is 0 Å². The van der Waals surface area contributed by atoms with Crippen molar-refractivity contribution in [1.29, 1.82) is 0 Å². The number of aromatic nitrogens is 2. The van der Waals surface area contributed by atoms with Gasteiger partial charge in [0, 0.05) is 0 Å². The van der Waals surface area contributed by atoms with E-state index >= 15 is 0 Å². The predicted octanol–water partition coefficient (Wildman–Crippen LogP) is -1.97. The fourth-order valence-corrected chi connectivity index (χ4v) is 2.00. The zero-order valence-corrected chi connectivity index (χ0v) is 11.0. The number of nitrogens with one attached hydrogen (secondary N) is 1. The largest absolute Gasteiger partial charge is 0.394 e. The van der Waals surface area contributed by atoms with Gasteiger partial charge < -0.3 is 35.6 Å². The number of fused-ring (bicyclic) bond motifs is 1. The van der Waals surface area contributed by atoms with E-state index in [1.807, 2.05) is 0 Å². The minimum atomic E-state index is -1.85. The number of hydrogen-bond acceptors (Lipinski definition) is 7. The maximum absolute atomic E-state index is 10.0. The predicted molar refractivity (Wildman–Crippen MR) is 72.2 cm³/mol. The van der Waals surface area contributed by atoms with Crippen LogP contribution in [0.3, 0.4) is 0 Å². The number of aliphatic hydroxyl groups is 6. The van der Waals surface area contributed by atoms with Gasteiger partial charge in [-0.25, -0.2) is 4.98 Å². The van der Waals surface area contributed by atoms with Crippen molar-refractivity contribution < 1.29 is 30.6 Å². The standard InChI is InChI=1S/C13H18N2O6/c16-5-8(17)9(18)10(19)11(20)12(21)13-14-6-3-1-2-4-7(6)15-13/h1-4,8-12,16-21H,5H2,(H,14,15)/t8?,9?,10?,11?,12-/m0/s1. The number of aliphatic hydroxyl groups excluding tert-OH is 6. The Balaban J connectivity index is 2.16. The molecule has 0 aliphatic rings. The molecule has 8 nitrogen and oxygen atoms in total. The Bertz CT molecular complexity index is 556. The molecule has 2 aromatic rings. The van der Waals surface area contributed by atoms with Crippen molar-refractivity contribution in [3.63, 3.8) is 0 Å². The Morgan fingerprint density at radius 3 is 2.24 bits per heavy atom. The minimum absolute atomic E-state index is 0.0217. The number of aromatic amines is 1. The summed E-state index contributed by atoms with van der Waals surface area (Å²) in [6.07, 6.45) is -8.66. The van der Waals surface area contributed by atoms with Gasteiger partial charge in [-0.1, -0.05) is 12.1 Å². The van der Waals surface area contributed by atoms with Gasteiger partial charge in [0.2, 0.25) is 0 Å². The van der Waals surface area contributed by atoms with Gasteiger partial charge in [0.25, 0.3) is 0 Å². The topological polar surface area (TPSA) is 150 Å². The van der Waals surface area contributed by atoms with E-state index in [2.05, 4.69) is 9.97 Å². The van der Waals surface area contributed by atoms with Crippen LogP contribution in [0.25, 0.3) is 11.0 Å². The number of para-hydroxylation sites is 2. The summed E-state index contributed by atoms with van der Waals surface area (Å²) < 4.78 is 0. The lowest BCUT2D eigenvalue weighted by Crippen LogP contribution is -2.47. The molecule has 1 aromatic carbocycles. The lowest BCUT2D eigenvalue weighted by Gasteiger charge is -2.27. The summed E-state index contributed by atoms with van der Waals surface area (Å²) >= 11 is 0. The van der Waals surface area contributed by atoms with Gasteiger partial charge in [-0.05, 0) is 12.1 Å². The molecule has 0 saturated carbocycles. The van der Waals surface area contributed by atoms with Crippen LogP contribution < -0.4 is 0 Å². The third kappa shape index (κ3) is 3.21. The first-order chi connectivity index (χ1) is 9.95. The number of nitrogens with zero attached hydrogens (tertiary/aromatic N) is 1. The summed E-state index contributed by atoms with van der Waals surface area (Å²) in [6.45, 7) is -0.786. The van der Waals surface area contributed by atoms with Gasteiger partial charge in [0.1, 0.15) is 36.3 Å². The molecule has 0 amide bonds. The molecule has 8 heteroatoms. The molecule has 0 aliphatic heterocycles. The smallest absolute Gasteiger partial charge is 0.140 e. The van der Waals surface area contributed by atoms with Gasteiger partial charge >= 0.3 is 0 Å². The second kappa shape index (κ2) is 6.48. The molecule has 2 rings (SSSR count). The van der Waals surface area contributed by atoms with Crippen molar-refractivity contribution in [3.05, 3.63) is 30.1 Å². The van der Waals surface area contributed by atoms with E-state index in [9.17, 15) is 25.5 Å². The van der Waals surface area contributed by atoms with Crippen molar-refractivity contribution in [2.45, 2.75) is 30.5 Å². The first kappa shape index (κ1) is 15.8. The van der Waals surface area contributed by atoms with Gasteiger partial charge in [-0.15, -0.1) is 0 Å². The van der Waals surface area contributed by atoms with E-state index in [4.69, 9.17) is 5.11 Å². The average molecular weight is 298 g/mol. The fourth-order valence-electron chi connectivity index (χ4n) is 2.00. The molecule has 1 aromatic heterocycles. The molecule has 0 fully saturated rings. The van der Waals surface area contributed by atoms with Gasteiger partial charge in [-0.2, -0.15) is 0 Å². The van der Waals surface area contributed by atoms with Crippen LogP contribution in [0.2, 0.25) is 0 Å². The third-order valence-electron chi connectivity index (χ3n) is 3.29. The highest BCUT2D eigenvalue weighted by atomic mass is 16.4. The summed E-state index contributed by atoms with van der Waals surface area (Å²) in [4.78, 5) is 6.86. The molecule has 0 aliphatic carbocycles. The van der Waals surface area contributed by atoms with Crippen molar-refractivity contribution in [2.75, 3.05) is 6.61 Å². The highest BCUT2D eigenvalue weighted by Crippen LogP contribution is 2.21. The van der Waals surface area contributed by atoms with E-state index in [-0.39, 0.29) is 5.82 Å². The van der Waals surface area contributed by atoms with Gasteiger partial charge in [0.15, 0.2) is 0 Å². The van der Waals surface area contributed by atoms with E-state index in [0.29, 0.717) is 11.0 Å². The molecule has 1 heterocycles. The van der Waals surface area contributed by atoms with E-state index in [0.717, 1.165) is 0 Å². The maximum Gasteiger partial charge on any atom is 0.140 e. The van der Waals surface area contributed by atoms with Gasteiger partial charge in [0.05, 0.1) is 17.6 Å². The lowest BCUT2D eigenvalue weighted by molar-refractivity contribution is -0.142. The Hall–Kier alpha value is -1.55. The number of imidazole rings is 1. The molecule has 0 radical (unpaired) electrons. The number of benzene rings is 1. The minimum Gasteiger partial charge on any atom is -0.394 e. The molecule has 0 bridgehead atoms. The van der Waals surface area contributed by atoms with Crippen LogP contribution in [-0.4, -0.2) is 71.6 Å². The summed E-state index contributed by atoms with van der Waals surface area (Å²) in [5.74, 6) is 0.0217.